The summed E-state index contributed by atoms with van der Waals surface area (Å²) in [7, 11) is 0. The second kappa shape index (κ2) is 7.63. The van der Waals surface area contributed by atoms with Gasteiger partial charge in [0.25, 0.3) is 5.89 Å². The Bertz CT molecular complexity index is 985. The van der Waals surface area contributed by atoms with Crippen molar-refractivity contribution >= 4 is 28.8 Å². The fraction of sp³-hybridized carbons (Fsp3) is 0.111. The molecule has 1 aromatic carbocycles. The largest absolute Gasteiger partial charge is 0.369 e. The molecule has 3 heterocycles. The highest BCUT2D eigenvalue weighted by atomic mass is 35.5. The predicted octanol–water partition coefficient (Wildman–Crippen LogP) is 4.56. The van der Waals surface area contributed by atoms with Gasteiger partial charge >= 0.3 is 0 Å². The Balaban J connectivity index is 1.49. The van der Waals surface area contributed by atoms with E-state index in [2.05, 4.69) is 25.4 Å². The van der Waals surface area contributed by atoms with E-state index < -0.39 is 0 Å². The molecule has 0 atom stereocenters. The van der Waals surface area contributed by atoms with Crippen molar-refractivity contribution in [2.75, 3.05) is 11.9 Å². The number of nitrogens with zero attached hydrogens (tertiary/aromatic N) is 4. The minimum atomic E-state index is 0.390. The number of anilines is 1. The van der Waals surface area contributed by atoms with E-state index in [1.165, 1.54) is 11.9 Å². The van der Waals surface area contributed by atoms with Gasteiger partial charge < -0.3 is 9.84 Å². The van der Waals surface area contributed by atoms with Crippen LogP contribution in [0.4, 0.5) is 5.82 Å². The van der Waals surface area contributed by atoms with Gasteiger partial charge in [-0.05, 0) is 35.6 Å². The van der Waals surface area contributed by atoms with Crippen LogP contribution in [0.15, 0.2) is 58.1 Å². The molecule has 0 aliphatic heterocycles. The Labute approximate surface area is 158 Å². The molecule has 0 bridgehead atoms. The fourth-order valence-corrected chi connectivity index (χ4v) is 3.21. The first-order valence-electron chi connectivity index (χ1n) is 7.94. The Morgan fingerprint density at radius 2 is 2.04 bits per heavy atom. The van der Waals surface area contributed by atoms with Crippen LogP contribution in [0, 0.1) is 0 Å². The van der Waals surface area contributed by atoms with Crippen molar-refractivity contribution in [2.45, 2.75) is 6.42 Å². The minimum absolute atomic E-state index is 0.390. The minimum Gasteiger partial charge on any atom is -0.369 e. The Kier molecular flexibility index (Phi) is 4.90. The van der Waals surface area contributed by atoms with Gasteiger partial charge in [-0.25, -0.2) is 9.97 Å². The van der Waals surface area contributed by atoms with Crippen molar-refractivity contribution < 1.29 is 4.52 Å². The molecule has 26 heavy (non-hydrogen) atoms. The molecule has 0 aliphatic carbocycles. The SMILES string of the molecule is Clc1ccc(CCNc2ncncc2-c2nc(-c3ccsc3)no2)cc1. The van der Waals surface area contributed by atoms with Crippen LogP contribution in [0.3, 0.4) is 0 Å². The number of benzene rings is 1. The van der Waals surface area contributed by atoms with Crippen molar-refractivity contribution in [1.82, 2.24) is 20.1 Å². The number of rotatable bonds is 6. The third kappa shape index (κ3) is 3.74. The van der Waals surface area contributed by atoms with Gasteiger partial charge in [-0.1, -0.05) is 28.9 Å². The lowest BCUT2D eigenvalue weighted by Gasteiger charge is -2.08. The van der Waals surface area contributed by atoms with Crippen LogP contribution in [0.5, 0.6) is 0 Å². The van der Waals surface area contributed by atoms with E-state index in [-0.39, 0.29) is 0 Å². The number of halogens is 1. The molecule has 0 aliphatic rings. The molecule has 4 rings (SSSR count). The van der Waals surface area contributed by atoms with Gasteiger partial charge in [-0.15, -0.1) is 0 Å². The summed E-state index contributed by atoms with van der Waals surface area (Å²) in [5, 5.41) is 12.0. The van der Waals surface area contributed by atoms with Crippen molar-refractivity contribution in [3.63, 3.8) is 0 Å². The number of hydrogen-bond acceptors (Lipinski definition) is 7. The van der Waals surface area contributed by atoms with Crippen molar-refractivity contribution in [3.05, 3.63) is 64.2 Å². The maximum absolute atomic E-state index is 5.91. The number of aromatic nitrogens is 4. The third-order valence-electron chi connectivity index (χ3n) is 3.77. The summed E-state index contributed by atoms with van der Waals surface area (Å²) in [6, 6.07) is 9.74. The molecule has 8 heteroatoms. The average Bonchev–Trinajstić information content (AvgIpc) is 3.35. The molecule has 1 N–H and O–H groups in total. The highest BCUT2D eigenvalue weighted by molar-refractivity contribution is 7.08. The number of thiophene rings is 1. The van der Waals surface area contributed by atoms with Crippen LogP contribution in [-0.4, -0.2) is 26.7 Å². The smallest absolute Gasteiger partial charge is 0.263 e. The van der Waals surface area contributed by atoms with E-state index in [1.54, 1.807) is 17.5 Å². The third-order valence-corrected chi connectivity index (χ3v) is 4.70. The summed E-state index contributed by atoms with van der Waals surface area (Å²) in [5.74, 6) is 1.60. The molecule has 3 aromatic heterocycles. The van der Waals surface area contributed by atoms with E-state index in [0.717, 1.165) is 17.0 Å². The molecular formula is C18H14ClN5OS. The summed E-state index contributed by atoms with van der Waals surface area (Å²) < 4.78 is 5.40. The van der Waals surface area contributed by atoms with Crippen LogP contribution in [0.2, 0.25) is 5.02 Å². The summed E-state index contributed by atoms with van der Waals surface area (Å²) in [4.78, 5) is 12.8. The van der Waals surface area contributed by atoms with Crippen molar-refractivity contribution in [1.29, 1.82) is 0 Å². The molecule has 6 nitrogen and oxygen atoms in total. The Morgan fingerprint density at radius 1 is 1.15 bits per heavy atom. The van der Waals surface area contributed by atoms with E-state index in [4.69, 9.17) is 16.1 Å². The van der Waals surface area contributed by atoms with Crippen LogP contribution in [0.25, 0.3) is 22.8 Å². The topological polar surface area (TPSA) is 76.7 Å². The summed E-state index contributed by atoms with van der Waals surface area (Å²) in [5.41, 5.74) is 2.80. The van der Waals surface area contributed by atoms with Gasteiger partial charge in [0.15, 0.2) is 0 Å². The Hall–Kier alpha value is -2.77. The normalized spacial score (nSPS) is 10.8. The molecule has 0 saturated heterocycles. The van der Waals surface area contributed by atoms with Crippen LogP contribution >= 0.6 is 22.9 Å². The van der Waals surface area contributed by atoms with Crippen LogP contribution < -0.4 is 5.32 Å². The first kappa shape index (κ1) is 16.7. The van der Waals surface area contributed by atoms with E-state index in [9.17, 15) is 0 Å². The van der Waals surface area contributed by atoms with Crippen LogP contribution in [-0.2, 0) is 6.42 Å². The lowest BCUT2D eigenvalue weighted by Crippen LogP contribution is -2.07. The molecule has 130 valence electrons. The van der Waals surface area contributed by atoms with E-state index >= 15 is 0 Å². The molecule has 0 fully saturated rings. The quantitative estimate of drug-likeness (QED) is 0.525. The zero-order valence-electron chi connectivity index (χ0n) is 13.6. The maximum Gasteiger partial charge on any atom is 0.263 e. The maximum atomic E-state index is 5.91. The highest BCUT2D eigenvalue weighted by Gasteiger charge is 2.15. The number of nitrogens with one attached hydrogen (secondary N) is 1. The predicted molar refractivity (Wildman–Crippen MR) is 102 cm³/mol. The number of hydrogen-bond donors (Lipinski definition) is 1. The van der Waals surface area contributed by atoms with Crippen molar-refractivity contribution in [3.8, 4) is 22.8 Å². The zero-order valence-corrected chi connectivity index (χ0v) is 15.2. The fourth-order valence-electron chi connectivity index (χ4n) is 2.45. The van der Waals surface area contributed by atoms with E-state index in [1.807, 2.05) is 41.1 Å². The van der Waals surface area contributed by atoms with Gasteiger partial charge in [-0.3, -0.25) is 0 Å². The monoisotopic (exact) mass is 383 g/mol. The lowest BCUT2D eigenvalue weighted by atomic mass is 10.1. The first-order chi connectivity index (χ1) is 12.8. The molecular weight excluding hydrogens is 370 g/mol. The Morgan fingerprint density at radius 3 is 2.85 bits per heavy atom. The molecule has 0 amide bonds. The zero-order chi connectivity index (χ0) is 17.8. The van der Waals surface area contributed by atoms with Gasteiger partial charge in [0.05, 0.1) is 0 Å². The average molecular weight is 384 g/mol. The molecule has 4 aromatic rings. The lowest BCUT2D eigenvalue weighted by molar-refractivity contribution is 0.432. The van der Waals surface area contributed by atoms with Gasteiger partial charge in [0, 0.05) is 28.7 Å². The summed E-state index contributed by atoms with van der Waals surface area (Å²) in [6.07, 6.45) is 4.00. The molecule has 0 unspecified atom stereocenters. The van der Waals surface area contributed by atoms with Crippen molar-refractivity contribution in [2.24, 2.45) is 0 Å². The van der Waals surface area contributed by atoms with Gasteiger partial charge in [0.2, 0.25) is 5.82 Å². The molecule has 0 radical (unpaired) electrons. The summed E-state index contributed by atoms with van der Waals surface area (Å²) in [6.45, 7) is 0.706. The van der Waals surface area contributed by atoms with Gasteiger partial charge in [-0.2, -0.15) is 16.3 Å². The summed E-state index contributed by atoms with van der Waals surface area (Å²) >= 11 is 7.50. The second-order valence-electron chi connectivity index (χ2n) is 5.52. The first-order valence-corrected chi connectivity index (χ1v) is 9.26. The molecule has 0 saturated carbocycles. The van der Waals surface area contributed by atoms with E-state index in [0.29, 0.717) is 29.6 Å². The standard InChI is InChI=1S/C18H14ClN5OS/c19-14-3-1-12(2-4-14)5-7-21-17-15(9-20-11-22-17)18-23-16(24-25-18)13-6-8-26-10-13/h1-4,6,8-11H,5,7H2,(H,20,21,22). The molecule has 0 spiro atoms. The van der Waals surface area contributed by atoms with Crippen LogP contribution in [0.1, 0.15) is 5.56 Å². The van der Waals surface area contributed by atoms with Gasteiger partial charge in [0.1, 0.15) is 17.7 Å². The second-order valence-corrected chi connectivity index (χ2v) is 6.74. The highest BCUT2D eigenvalue weighted by Crippen LogP contribution is 2.27.